The molecular weight excluding hydrogens is 358 g/mol. The molecule has 7 nitrogen and oxygen atoms in total. The summed E-state index contributed by atoms with van der Waals surface area (Å²) in [7, 11) is 0. The van der Waals surface area contributed by atoms with Crippen molar-refractivity contribution >= 4 is 34.1 Å². The largest absolute Gasteiger partial charge is 0.486 e. The van der Waals surface area contributed by atoms with Gasteiger partial charge in [0.15, 0.2) is 11.5 Å². The molecule has 0 unspecified atom stereocenters. The molecule has 1 aromatic heterocycles. The van der Waals surface area contributed by atoms with Crippen molar-refractivity contribution in [1.29, 1.82) is 0 Å². The Labute approximate surface area is 153 Å². The minimum absolute atomic E-state index is 0.164. The van der Waals surface area contributed by atoms with Gasteiger partial charge in [-0.25, -0.2) is 4.98 Å². The number of halogens is 1. The van der Waals surface area contributed by atoms with E-state index in [1.54, 1.807) is 36.4 Å². The highest BCUT2D eigenvalue weighted by Crippen LogP contribution is 2.32. The average Bonchev–Trinajstić information content (AvgIpc) is 2.64. The fraction of sp³-hybridized carbons (Fsp3) is 0.167. The topological polar surface area (TPSA) is 82.5 Å². The van der Waals surface area contributed by atoms with E-state index in [0.29, 0.717) is 46.3 Å². The van der Waals surface area contributed by atoms with Gasteiger partial charge in [0, 0.05) is 16.8 Å². The Balaban J connectivity index is 1.54. The molecule has 0 saturated heterocycles. The standard InChI is InChI=1S/C18H14ClN3O4/c19-11-1-3-14-13(7-11)18(24)22(10-20-14)9-17(23)21-12-2-4-15-16(8-12)26-6-5-25-15/h1-4,7-8,10H,5-6,9H2,(H,21,23). The highest BCUT2D eigenvalue weighted by molar-refractivity contribution is 6.31. The van der Waals surface area contributed by atoms with Crippen LogP contribution in [0.1, 0.15) is 0 Å². The van der Waals surface area contributed by atoms with E-state index < -0.39 is 0 Å². The third-order valence-electron chi connectivity index (χ3n) is 3.93. The minimum atomic E-state index is -0.355. The zero-order valence-electron chi connectivity index (χ0n) is 13.6. The van der Waals surface area contributed by atoms with Gasteiger partial charge in [-0.1, -0.05) is 11.6 Å². The van der Waals surface area contributed by atoms with Gasteiger partial charge in [0.05, 0.1) is 17.2 Å². The van der Waals surface area contributed by atoms with Crippen LogP contribution in [0.2, 0.25) is 5.02 Å². The number of carbonyl (C=O) groups excluding carboxylic acids is 1. The smallest absolute Gasteiger partial charge is 0.261 e. The monoisotopic (exact) mass is 371 g/mol. The lowest BCUT2D eigenvalue weighted by Crippen LogP contribution is -2.28. The maximum atomic E-state index is 12.5. The SMILES string of the molecule is O=C(Cn1cnc2ccc(Cl)cc2c1=O)Nc1ccc2c(c1)OCCO2. The summed E-state index contributed by atoms with van der Waals surface area (Å²) in [5, 5.41) is 3.55. The lowest BCUT2D eigenvalue weighted by atomic mass is 10.2. The number of fused-ring (bicyclic) bond motifs is 2. The molecule has 0 fully saturated rings. The molecule has 0 radical (unpaired) electrons. The Morgan fingerprint density at radius 3 is 2.81 bits per heavy atom. The number of benzene rings is 2. The minimum Gasteiger partial charge on any atom is -0.486 e. The summed E-state index contributed by atoms with van der Waals surface area (Å²) in [5.41, 5.74) is 0.766. The Morgan fingerprint density at radius 2 is 1.96 bits per heavy atom. The molecule has 132 valence electrons. The molecule has 1 N–H and O–H groups in total. The second kappa shape index (κ2) is 6.68. The van der Waals surface area contributed by atoms with E-state index in [4.69, 9.17) is 21.1 Å². The number of rotatable bonds is 3. The predicted molar refractivity (Wildman–Crippen MR) is 97.1 cm³/mol. The van der Waals surface area contributed by atoms with E-state index in [2.05, 4.69) is 10.3 Å². The van der Waals surface area contributed by atoms with Gasteiger partial charge in [-0.2, -0.15) is 0 Å². The molecule has 0 bridgehead atoms. The zero-order chi connectivity index (χ0) is 18.1. The van der Waals surface area contributed by atoms with Crippen molar-refractivity contribution in [3.63, 3.8) is 0 Å². The molecular formula is C18H14ClN3O4. The molecule has 2 heterocycles. The van der Waals surface area contributed by atoms with Crippen molar-refractivity contribution < 1.29 is 14.3 Å². The number of ether oxygens (including phenoxy) is 2. The van der Waals surface area contributed by atoms with Gasteiger partial charge in [-0.05, 0) is 30.3 Å². The second-order valence-corrected chi connectivity index (χ2v) is 6.18. The second-order valence-electron chi connectivity index (χ2n) is 5.75. The Hall–Kier alpha value is -3.06. The lowest BCUT2D eigenvalue weighted by Gasteiger charge is -2.19. The van der Waals surface area contributed by atoms with Crippen molar-refractivity contribution in [2.24, 2.45) is 0 Å². The average molecular weight is 372 g/mol. The predicted octanol–water partition coefficient (Wildman–Crippen LogP) is 2.46. The summed E-state index contributed by atoms with van der Waals surface area (Å²) in [5.74, 6) is 0.862. The van der Waals surface area contributed by atoms with E-state index in [-0.39, 0.29) is 18.0 Å². The molecule has 3 aromatic rings. The summed E-state index contributed by atoms with van der Waals surface area (Å²) < 4.78 is 12.2. The first kappa shape index (κ1) is 16.4. The van der Waals surface area contributed by atoms with Gasteiger partial charge < -0.3 is 14.8 Å². The van der Waals surface area contributed by atoms with E-state index >= 15 is 0 Å². The molecule has 1 amide bonds. The number of hydrogen-bond donors (Lipinski definition) is 1. The number of anilines is 1. The summed E-state index contributed by atoms with van der Waals surface area (Å²) >= 11 is 5.94. The van der Waals surface area contributed by atoms with Gasteiger partial charge in [0.25, 0.3) is 5.56 Å². The molecule has 2 aromatic carbocycles. The van der Waals surface area contributed by atoms with E-state index in [9.17, 15) is 9.59 Å². The van der Waals surface area contributed by atoms with E-state index in [1.807, 2.05) is 0 Å². The third kappa shape index (κ3) is 3.21. The fourth-order valence-corrected chi connectivity index (χ4v) is 2.89. The van der Waals surface area contributed by atoms with Crippen LogP contribution in [-0.2, 0) is 11.3 Å². The van der Waals surface area contributed by atoms with Crippen LogP contribution >= 0.6 is 11.6 Å². The summed E-state index contributed by atoms with van der Waals surface area (Å²) in [4.78, 5) is 29.0. The van der Waals surface area contributed by atoms with Crippen molar-refractivity contribution in [2.75, 3.05) is 18.5 Å². The van der Waals surface area contributed by atoms with Crippen molar-refractivity contribution in [3.05, 3.63) is 58.1 Å². The zero-order valence-corrected chi connectivity index (χ0v) is 14.3. The Kier molecular flexibility index (Phi) is 4.22. The molecule has 1 aliphatic heterocycles. The van der Waals surface area contributed by atoms with Gasteiger partial charge in [0.2, 0.25) is 5.91 Å². The molecule has 0 saturated carbocycles. The van der Waals surface area contributed by atoms with Crippen LogP contribution in [0.5, 0.6) is 11.5 Å². The van der Waals surface area contributed by atoms with Crippen LogP contribution in [0.4, 0.5) is 5.69 Å². The highest BCUT2D eigenvalue weighted by atomic mass is 35.5. The lowest BCUT2D eigenvalue weighted by molar-refractivity contribution is -0.116. The number of hydrogen-bond acceptors (Lipinski definition) is 5. The van der Waals surface area contributed by atoms with Crippen LogP contribution in [0.25, 0.3) is 10.9 Å². The first-order valence-electron chi connectivity index (χ1n) is 7.94. The quantitative estimate of drug-likeness (QED) is 0.764. The normalized spacial score (nSPS) is 12.8. The van der Waals surface area contributed by atoms with Gasteiger partial charge in [-0.15, -0.1) is 0 Å². The molecule has 8 heteroatoms. The fourth-order valence-electron chi connectivity index (χ4n) is 2.72. The summed E-state index contributed by atoms with van der Waals surface area (Å²) in [6, 6.07) is 10.0. The molecule has 0 spiro atoms. The third-order valence-corrected chi connectivity index (χ3v) is 4.16. The molecule has 26 heavy (non-hydrogen) atoms. The van der Waals surface area contributed by atoms with E-state index in [0.717, 1.165) is 0 Å². The molecule has 0 aliphatic carbocycles. The van der Waals surface area contributed by atoms with Crippen molar-refractivity contribution in [1.82, 2.24) is 9.55 Å². The molecule has 1 aliphatic rings. The van der Waals surface area contributed by atoms with Crippen LogP contribution < -0.4 is 20.3 Å². The number of carbonyl (C=O) groups is 1. The number of nitrogens with one attached hydrogen (secondary N) is 1. The Morgan fingerprint density at radius 1 is 1.15 bits per heavy atom. The number of amides is 1. The molecule has 0 atom stereocenters. The van der Waals surface area contributed by atoms with Crippen LogP contribution in [0, 0.1) is 0 Å². The van der Waals surface area contributed by atoms with Crippen molar-refractivity contribution in [2.45, 2.75) is 6.54 Å². The van der Waals surface area contributed by atoms with Crippen molar-refractivity contribution in [3.8, 4) is 11.5 Å². The van der Waals surface area contributed by atoms with Gasteiger partial charge in [-0.3, -0.25) is 14.2 Å². The first-order valence-corrected chi connectivity index (χ1v) is 8.32. The van der Waals surface area contributed by atoms with Crippen LogP contribution in [-0.4, -0.2) is 28.7 Å². The number of nitrogens with zero attached hydrogens (tertiary/aromatic N) is 2. The summed E-state index contributed by atoms with van der Waals surface area (Å²) in [6.45, 7) is 0.800. The molecule has 4 rings (SSSR count). The number of aromatic nitrogens is 2. The maximum Gasteiger partial charge on any atom is 0.261 e. The van der Waals surface area contributed by atoms with Gasteiger partial charge in [0.1, 0.15) is 19.8 Å². The van der Waals surface area contributed by atoms with Crippen LogP contribution in [0.3, 0.4) is 0 Å². The van der Waals surface area contributed by atoms with Gasteiger partial charge >= 0.3 is 0 Å². The maximum absolute atomic E-state index is 12.5. The summed E-state index contributed by atoms with van der Waals surface area (Å²) in [6.07, 6.45) is 1.35. The highest BCUT2D eigenvalue weighted by Gasteiger charge is 2.14. The van der Waals surface area contributed by atoms with E-state index in [1.165, 1.54) is 10.9 Å². The Bertz CT molecular complexity index is 1060. The van der Waals surface area contributed by atoms with Crippen LogP contribution in [0.15, 0.2) is 47.5 Å². The first-order chi connectivity index (χ1) is 12.6.